The fraction of sp³-hybridized carbons (Fsp3) is 0.368. The first-order chi connectivity index (χ1) is 13.0. The minimum absolute atomic E-state index is 0.0100. The maximum Gasteiger partial charge on any atom is 0.233 e. The van der Waals surface area contributed by atoms with Crippen molar-refractivity contribution in [2.24, 2.45) is 5.92 Å². The van der Waals surface area contributed by atoms with E-state index in [2.05, 4.69) is 34.3 Å². The summed E-state index contributed by atoms with van der Waals surface area (Å²) in [5, 5.41) is 12.0. The van der Waals surface area contributed by atoms with Gasteiger partial charge in [0.1, 0.15) is 5.76 Å². The third kappa shape index (κ3) is 4.97. The quantitative estimate of drug-likeness (QED) is 0.599. The second kappa shape index (κ2) is 8.85. The van der Waals surface area contributed by atoms with Gasteiger partial charge in [0.15, 0.2) is 11.0 Å². The maximum absolute atomic E-state index is 12.3. The van der Waals surface area contributed by atoms with Gasteiger partial charge in [-0.15, -0.1) is 10.2 Å². The smallest absolute Gasteiger partial charge is 0.233 e. The summed E-state index contributed by atoms with van der Waals surface area (Å²) in [6, 6.07) is 7.54. The molecule has 3 heterocycles. The summed E-state index contributed by atoms with van der Waals surface area (Å²) in [6.45, 7) is 7.14. The van der Waals surface area contributed by atoms with E-state index in [1.165, 1.54) is 11.8 Å². The molecule has 0 aliphatic rings. The number of amides is 1. The predicted octanol–water partition coefficient (Wildman–Crippen LogP) is 3.23. The molecular formula is C19H23N5O2S. The van der Waals surface area contributed by atoms with Crippen molar-refractivity contribution < 1.29 is 9.21 Å². The first kappa shape index (κ1) is 19.2. The number of pyridine rings is 1. The standard InChI is InChI=1S/C19H23N5O2S/c1-13(2)10-21-18(25)14(3)27-19-23-22-17(15-6-4-8-20-11-15)24(19)12-16-7-5-9-26-16/h4-9,11,13-14H,10,12H2,1-3H3,(H,21,25). The van der Waals surface area contributed by atoms with Gasteiger partial charge < -0.3 is 9.73 Å². The molecule has 7 nitrogen and oxygen atoms in total. The zero-order chi connectivity index (χ0) is 19.2. The summed E-state index contributed by atoms with van der Waals surface area (Å²) in [5.74, 6) is 1.88. The summed E-state index contributed by atoms with van der Waals surface area (Å²) in [4.78, 5) is 16.5. The average molecular weight is 385 g/mol. The van der Waals surface area contributed by atoms with Gasteiger partial charge in [-0.2, -0.15) is 0 Å². The lowest BCUT2D eigenvalue weighted by molar-refractivity contribution is -0.120. The summed E-state index contributed by atoms with van der Waals surface area (Å²) in [5.41, 5.74) is 0.861. The SMILES string of the molecule is CC(C)CNC(=O)C(C)Sc1nnc(-c2cccnc2)n1Cc1ccco1. The van der Waals surface area contributed by atoms with Gasteiger partial charge in [-0.25, -0.2) is 0 Å². The molecule has 3 rings (SSSR count). The Bertz CT molecular complexity index is 862. The molecular weight excluding hydrogens is 362 g/mol. The summed E-state index contributed by atoms with van der Waals surface area (Å²) in [6.07, 6.45) is 5.10. The van der Waals surface area contributed by atoms with Crippen LogP contribution < -0.4 is 5.32 Å². The van der Waals surface area contributed by atoms with Crippen LogP contribution in [-0.2, 0) is 11.3 Å². The second-order valence-electron chi connectivity index (χ2n) is 6.61. The van der Waals surface area contributed by atoms with Gasteiger partial charge in [-0.1, -0.05) is 25.6 Å². The first-order valence-corrected chi connectivity index (χ1v) is 9.73. The Morgan fingerprint density at radius 3 is 2.78 bits per heavy atom. The molecule has 0 radical (unpaired) electrons. The number of rotatable bonds is 8. The van der Waals surface area contributed by atoms with Crippen LogP contribution in [0.15, 0.2) is 52.5 Å². The Morgan fingerprint density at radius 2 is 2.11 bits per heavy atom. The molecule has 1 N–H and O–H groups in total. The highest BCUT2D eigenvalue weighted by atomic mass is 32.2. The van der Waals surface area contributed by atoms with Crippen molar-refractivity contribution in [1.29, 1.82) is 0 Å². The minimum atomic E-state index is -0.287. The molecule has 27 heavy (non-hydrogen) atoms. The van der Waals surface area contributed by atoms with Gasteiger partial charge in [0.05, 0.1) is 18.1 Å². The maximum atomic E-state index is 12.3. The van der Waals surface area contributed by atoms with Crippen LogP contribution in [0.3, 0.4) is 0 Å². The average Bonchev–Trinajstić information content (AvgIpc) is 3.31. The summed E-state index contributed by atoms with van der Waals surface area (Å²) in [7, 11) is 0. The van der Waals surface area contributed by atoms with Crippen molar-refractivity contribution in [2.45, 2.75) is 37.7 Å². The zero-order valence-electron chi connectivity index (χ0n) is 15.6. The van der Waals surface area contributed by atoms with E-state index in [1.807, 2.05) is 35.8 Å². The number of furan rings is 1. The third-order valence-corrected chi connectivity index (χ3v) is 4.95. The molecule has 0 saturated carbocycles. The number of aromatic nitrogens is 4. The Balaban J connectivity index is 1.84. The van der Waals surface area contributed by atoms with Crippen molar-refractivity contribution in [3.63, 3.8) is 0 Å². The Morgan fingerprint density at radius 1 is 1.26 bits per heavy atom. The van der Waals surface area contributed by atoms with Crippen molar-refractivity contribution in [3.8, 4) is 11.4 Å². The second-order valence-corrected chi connectivity index (χ2v) is 7.92. The van der Waals surface area contributed by atoms with E-state index in [-0.39, 0.29) is 11.2 Å². The van der Waals surface area contributed by atoms with Crippen LogP contribution in [0.4, 0.5) is 0 Å². The lowest BCUT2D eigenvalue weighted by atomic mass is 10.2. The van der Waals surface area contributed by atoms with Crippen molar-refractivity contribution in [1.82, 2.24) is 25.1 Å². The van der Waals surface area contributed by atoms with E-state index >= 15 is 0 Å². The van der Waals surface area contributed by atoms with Gasteiger partial charge in [0.25, 0.3) is 0 Å². The minimum Gasteiger partial charge on any atom is -0.467 e. The van der Waals surface area contributed by atoms with Crippen LogP contribution in [-0.4, -0.2) is 37.5 Å². The largest absolute Gasteiger partial charge is 0.467 e. The monoisotopic (exact) mass is 385 g/mol. The van der Waals surface area contributed by atoms with Gasteiger partial charge in [0, 0.05) is 24.5 Å². The molecule has 0 aliphatic carbocycles. The molecule has 3 aromatic rings. The van der Waals surface area contributed by atoms with Crippen LogP contribution >= 0.6 is 11.8 Å². The number of carbonyl (C=O) groups is 1. The Labute approximate surface area is 162 Å². The summed E-state index contributed by atoms with van der Waals surface area (Å²) < 4.78 is 7.44. The van der Waals surface area contributed by atoms with E-state index < -0.39 is 0 Å². The number of carbonyl (C=O) groups excluding carboxylic acids is 1. The molecule has 0 aromatic carbocycles. The van der Waals surface area contributed by atoms with Gasteiger partial charge in [-0.05, 0) is 37.1 Å². The highest BCUT2D eigenvalue weighted by Crippen LogP contribution is 2.27. The highest BCUT2D eigenvalue weighted by Gasteiger charge is 2.21. The molecule has 1 atom stereocenters. The van der Waals surface area contributed by atoms with Crippen molar-refractivity contribution in [2.75, 3.05) is 6.54 Å². The van der Waals surface area contributed by atoms with Crippen LogP contribution in [0.2, 0.25) is 0 Å². The van der Waals surface area contributed by atoms with E-state index in [1.54, 1.807) is 18.7 Å². The first-order valence-electron chi connectivity index (χ1n) is 8.85. The topological polar surface area (TPSA) is 85.8 Å². The van der Waals surface area contributed by atoms with Crippen LogP contribution in [0.5, 0.6) is 0 Å². The number of hydrogen-bond acceptors (Lipinski definition) is 6. The molecule has 3 aromatic heterocycles. The third-order valence-electron chi connectivity index (χ3n) is 3.87. The Kier molecular flexibility index (Phi) is 6.28. The van der Waals surface area contributed by atoms with E-state index in [0.29, 0.717) is 30.0 Å². The van der Waals surface area contributed by atoms with Crippen LogP contribution in [0.1, 0.15) is 26.5 Å². The number of hydrogen-bond donors (Lipinski definition) is 1. The van der Waals surface area contributed by atoms with E-state index in [0.717, 1.165) is 11.3 Å². The molecule has 0 bridgehead atoms. The molecule has 0 saturated heterocycles. The number of thioether (sulfide) groups is 1. The van der Waals surface area contributed by atoms with E-state index in [9.17, 15) is 4.79 Å². The number of nitrogens with one attached hydrogen (secondary N) is 1. The van der Waals surface area contributed by atoms with Crippen molar-refractivity contribution >= 4 is 17.7 Å². The Hall–Kier alpha value is -2.61. The molecule has 0 aliphatic heterocycles. The molecule has 0 spiro atoms. The van der Waals surface area contributed by atoms with Crippen LogP contribution in [0, 0.1) is 5.92 Å². The summed E-state index contributed by atoms with van der Waals surface area (Å²) >= 11 is 1.38. The molecule has 142 valence electrons. The lowest BCUT2D eigenvalue weighted by Gasteiger charge is -2.14. The fourth-order valence-corrected chi connectivity index (χ4v) is 3.32. The fourth-order valence-electron chi connectivity index (χ4n) is 2.45. The van der Waals surface area contributed by atoms with Crippen molar-refractivity contribution in [3.05, 3.63) is 48.7 Å². The zero-order valence-corrected chi connectivity index (χ0v) is 16.4. The highest BCUT2D eigenvalue weighted by molar-refractivity contribution is 8.00. The molecule has 1 amide bonds. The van der Waals surface area contributed by atoms with E-state index in [4.69, 9.17) is 4.42 Å². The predicted molar refractivity (Wildman–Crippen MR) is 104 cm³/mol. The van der Waals surface area contributed by atoms with Crippen LogP contribution in [0.25, 0.3) is 11.4 Å². The number of nitrogens with zero attached hydrogens (tertiary/aromatic N) is 4. The van der Waals surface area contributed by atoms with Gasteiger partial charge in [0.2, 0.25) is 5.91 Å². The van der Waals surface area contributed by atoms with Gasteiger partial charge >= 0.3 is 0 Å². The normalized spacial score (nSPS) is 12.3. The lowest BCUT2D eigenvalue weighted by Crippen LogP contribution is -2.33. The van der Waals surface area contributed by atoms with Gasteiger partial charge in [-0.3, -0.25) is 14.3 Å². The molecule has 1 unspecified atom stereocenters. The molecule has 8 heteroatoms. The molecule has 0 fully saturated rings.